The van der Waals surface area contributed by atoms with Crippen molar-refractivity contribution in [2.75, 3.05) is 32.8 Å². The number of fused-ring (bicyclic) bond motifs is 3. The van der Waals surface area contributed by atoms with Gasteiger partial charge in [0.25, 0.3) is 0 Å². The second-order valence-electron chi connectivity index (χ2n) is 6.47. The van der Waals surface area contributed by atoms with Crippen molar-refractivity contribution in [2.24, 2.45) is 5.73 Å². The molecule has 0 bridgehead atoms. The Bertz CT molecular complexity index is 740. The number of alkyl halides is 1. The molecule has 2 aliphatic rings. The molecule has 4 rings (SSSR count). The quantitative estimate of drug-likeness (QED) is 0.931. The van der Waals surface area contributed by atoms with Gasteiger partial charge in [-0.2, -0.15) is 0 Å². The summed E-state index contributed by atoms with van der Waals surface area (Å²) in [6.45, 7) is 3.19. The van der Waals surface area contributed by atoms with Crippen molar-refractivity contribution in [3.05, 3.63) is 30.0 Å². The lowest BCUT2D eigenvalue weighted by Gasteiger charge is -2.32. The van der Waals surface area contributed by atoms with Crippen LogP contribution in [0.1, 0.15) is 12.0 Å². The van der Waals surface area contributed by atoms with Crippen LogP contribution < -0.4 is 15.2 Å². The highest BCUT2D eigenvalue weighted by molar-refractivity contribution is 5.91. The van der Waals surface area contributed by atoms with Gasteiger partial charge in [-0.05, 0) is 43.1 Å². The Morgan fingerprint density at radius 1 is 1.25 bits per heavy atom. The molecular formula is C18H22FN3O2. The van der Waals surface area contributed by atoms with Gasteiger partial charge in [-0.15, -0.1) is 0 Å². The van der Waals surface area contributed by atoms with Crippen LogP contribution in [0.3, 0.4) is 0 Å². The van der Waals surface area contributed by atoms with Gasteiger partial charge in [-0.25, -0.2) is 4.39 Å². The SMILES string of the molecule is N[C@H]1CCN(CCc2ccnc3ccc4c(c23)OCCO4)C[C@@H]1F. The van der Waals surface area contributed by atoms with Gasteiger partial charge in [0.2, 0.25) is 0 Å². The molecule has 0 saturated carbocycles. The summed E-state index contributed by atoms with van der Waals surface area (Å²) in [6, 6.07) is 5.57. The van der Waals surface area contributed by atoms with Gasteiger partial charge in [0.15, 0.2) is 11.5 Å². The maximum Gasteiger partial charge on any atom is 0.171 e. The molecule has 2 aromatic rings. The Balaban J connectivity index is 1.58. The number of hydrogen-bond donors (Lipinski definition) is 1. The predicted molar refractivity (Wildman–Crippen MR) is 90.4 cm³/mol. The van der Waals surface area contributed by atoms with Gasteiger partial charge in [-0.1, -0.05) is 0 Å². The number of ether oxygens (including phenoxy) is 2. The lowest BCUT2D eigenvalue weighted by Crippen LogP contribution is -2.48. The van der Waals surface area contributed by atoms with E-state index in [9.17, 15) is 4.39 Å². The molecule has 1 aromatic carbocycles. The topological polar surface area (TPSA) is 60.6 Å². The van der Waals surface area contributed by atoms with Crippen LogP contribution in [-0.2, 0) is 6.42 Å². The molecule has 24 heavy (non-hydrogen) atoms. The van der Waals surface area contributed by atoms with Crippen molar-refractivity contribution < 1.29 is 13.9 Å². The van der Waals surface area contributed by atoms with E-state index < -0.39 is 6.17 Å². The molecular weight excluding hydrogens is 309 g/mol. The molecule has 0 spiro atoms. The van der Waals surface area contributed by atoms with Crippen molar-refractivity contribution >= 4 is 10.9 Å². The first kappa shape index (κ1) is 15.6. The standard InChI is InChI=1S/C18H22FN3O2/c19-13-11-22(8-5-14(13)20)7-4-12-3-6-21-15-1-2-16-18(17(12)15)24-10-9-23-16/h1-3,6,13-14H,4-5,7-11,20H2/t13-,14-/m0/s1. The number of pyridine rings is 1. The summed E-state index contributed by atoms with van der Waals surface area (Å²) in [5, 5.41) is 1.01. The Labute approximate surface area is 140 Å². The van der Waals surface area contributed by atoms with Gasteiger partial charge in [0.05, 0.1) is 5.52 Å². The normalized spacial score (nSPS) is 24.2. The fraction of sp³-hybridized carbons (Fsp3) is 0.500. The van der Waals surface area contributed by atoms with Gasteiger partial charge in [0.1, 0.15) is 19.4 Å². The van der Waals surface area contributed by atoms with Crippen molar-refractivity contribution in [2.45, 2.75) is 25.1 Å². The summed E-state index contributed by atoms with van der Waals surface area (Å²) >= 11 is 0. The van der Waals surface area contributed by atoms with Crippen LogP contribution in [0.15, 0.2) is 24.4 Å². The minimum Gasteiger partial charge on any atom is -0.486 e. The van der Waals surface area contributed by atoms with Gasteiger partial charge in [-0.3, -0.25) is 9.88 Å². The van der Waals surface area contributed by atoms with E-state index in [1.54, 1.807) is 0 Å². The summed E-state index contributed by atoms with van der Waals surface area (Å²) in [4.78, 5) is 6.59. The Morgan fingerprint density at radius 2 is 2.12 bits per heavy atom. The molecule has 3 heterocycles. The highest BCUT2D eigenvalue weighted by atomic mass is 19.1. The van der Waals surface area contributed by atoms with Gasteiger partial charge < -0.3 is 15.2 Å². The van der Waals surface area contributed by atoms with E-state index in [0.29, 0.717) is 26.2 Å². The molecule has 128 valence electrons. The first-order valence-corrected chi connectivity index (χ1v) is 8.50. The largest absolute Gasteiger partial charge is 0.486 e. The Hall–Kier alpha value is -1.92. The summed E-state index contributed by atoms with van der Waals surface area (Å²) in [7, 11) is 0. The number of likely N-dealkylation sites (tertiary alicyclic amines) is 1. The van der Waals surface area contributed by atoms with Crippen LogP contribution in [-0.4, -0.2) is 54.9 Å². The van der Waals surface area contributed by atoms with Crippen LogP contribution in [0.2, 0.25) is 0 Å². The molecule has 0 unspecified atom stereocenters. The lowest BCUT2D eigenvalue weighted by molar-refractivity contribution is 0.121. The first-order valence-electron chi connectivity index (χ1n) is 8.50. The number of nitrogens with zero attached hydrogens (tertiary/aromatic N) is 2. The molecule has 6 heteroatoms. The van der Waals surface area contributed by atoms with Crippen LogP contribution in [0.25, 0.3) is 10.9 Å². The van der Waals surface area contributed by atoms with Gasteiger partial charge in [0, 0.05) is 30.7 Å². The lowest BCUT2D eigenvalue weighted by atomic mass is 10.0. The average molecular weight is 331 g/mol. The molecule has 1 fully saturated rings. The van der Waals surface area contributed by atoms with Crippen molar-refractivity contribution in [1.29, 1.82) is 0 Å². The summed E-state index contributed by atoms with van der Waals surface area (Å²) in [6.07, 6.45) is 2.42. The van der Waals surface area contributed by atoms with E-state index in [0.717, 1.165) is 47.5 Å². The van der Waals surface area contributed by atoms with E-state index >= 15 is 0 Å². The van der Waals surface area contributed by atoms with Gasteiger partial charge >= 0.3 is 0 Å². The summed E-state index contributed by atoms with van der Waals surface area (Å²) in [5.41, 5.74) is 7.82. The highest BCUT2D eigenvalue weighted by Gasteiger charge is 2.26. The fourth-order valence-corrected chi connectivity index (χ4v) is 3.49. The predicted octanol–water partition coefficient (Wildman–Crippen LogP) is 1.92. The third-order valence-corrected chi connectivity index (χ3v) is 4.87. The van der Waals surface area contributed by atoms with E-state index in [-0.39, 0.29) is 6.04 Å². The average Bonchev–Trinajstić information content (AvgIpc) is 2.62. The maximum atomic E-state index is 13.8. The molecule has 2 N–H and O–H groups in total. The van der Waals surface area contributed by atoms with Crippen LogP contribution >= 0.6 is 0 Å². The molecule has 1 saturated heterocycles. The second-order valence-corrected chi connectivity index (χ2v) is 6.47. The van der Waals surface area contributed by atoms with Crippen molar-refractivity contribution in [3.8, 4) is 11.5 Å². The minimum atomic E-state index is -0.933. The van der Waals surface area contributed by atoms with E-state index in [2.05, 4.69) is 9.88 Å². The molecule has 0 amide bonds. The zero-order chi connectivity index (χ0) is 16.5. The second kappa shape index (κ2) is 6.53. The Kier molecular flexibility index (Phi) is 4.24. The van der Waals surface area contributed by atoms with Crippen LogP contribution in [0.5, 0.6) is 11.5 Å². The Morgan fingerprint density at radius 3 is 3.00 bits per heavy atom. The number of aromatic nitrogens is 1. The molecule has 0 radical (unpaired) electrons. The highest BCUT2D eigenvalue weighted by Crippen LogP contribution is 2.38. The minimum absolute atomic E-state index is 0.319. The number of nitrogens with two attached hydrogens (primary N) is 1. The third-order valence-electron chi connectivity index (χ3n) is 4.87. The summed E-state index contributed by atoms with van der Waals surface area (Å²) < 4.78 is 25.3. The smallest absolute Gasteiger partial charge is 0.171 e. The number of hydrogen-bond acceptors (Lipinski definition) is 5. The van der Waals surface area contributed by atoms with E-state index in [1.165, 1.54) is 0 Å². The fourth-order valence-electron chi connectivity index (χ4n) is 3.49. The van der Waals surface area contributed by atoms with Crippen LogP contribution in [0, 0.1) is 0 Å². The third kappa shape index (κ3) is 2.91. The van der Waals surface area contributed by atoms with E-state index in [1.807, 2.05) is 24.4 Å². The van der Waals surface area contributed by atoms with Crippen LogP contribution in [0.4, 0.5) is 4.39 Å². The number of piperidine rings is 1. The van der Waals surface area contributed by atoms with E-state index in [4.69, 9.17) is 15.2 Å². The molecule has 2 atom stereocenters. The summed E-state index contributed by atoms with van der Waals surface area (Å²) in [5.74, 6) is 1.56. The number of halogens is 1. The molecule has 0 aliphatic carbocycles. The van der Waals surface area contributed by atoms with Crippen molar-refractivity contribution in [3.63, 3.8) is 0 Å². The molecule has 2 aliphatic heterocycles. The van der Waals surface area contributed by atoms with Crippen molar-refractivity contribution in [1.82, 2.24) is 9.88 Å². The number of benzene rings is 1. The maximum absolute atomic E-state index is 13.8. The number of rotatable bonds is 3. The zero-order valence-electron chi connectivity index (χ0n) is 13.6. The zero-order valence-corrected chi connectivity index (χ0v) is 13.6. The molecule has 5 nitrogen and oxygen atoms in total. The molecule has 1 aromatic heterocycles. The first-order chi connectivity index (χ1) is 11.7. The monoisotopic (exact) mass is 331 g/mol.